The maximum Gasteiger partial charge on any atom is 0.226 e. The number of carbonyl (C=O) groups excluding carboxylic acids is 2. The van der Waals surface area contributed by atoms with Gasteiger partial charge in [-0.25, -0.2) is 8.78 Å². The largest absolute Gasteiger partial charge is 0.349 e. The predicted octanol–water partition coefficient (Wildman–Crippen LogP) is 3.29. The van der Waals surface area contributed by atoms with E-state index in [-0.39, 0.29) is 30.1 Å². The molecule has 7 heteroatoms. The number of amides is 2. The Bertz CT molecular complexity index is 902. The normalized spacial score (nSPS) is 19.9. The van der Waals surface area contributed by atoms with Crippen LogP contribution in [0.4, 0.5) is 8.78 Å². The molecule has 3 atom stereocenters. The molecular weight excluding hydrogens is 388 g/mol. The van der Waals surface area contributed by atoms with E-state index < -0.39 is 17.8 Å². The Morgan fingerprint density at radius 3 is 2.50 bits per heavy atom. The maximum atomic E-state index is 13.8. The molecule has 3 rings (SSSR count). The van der Waals surface area contributed by atoms with Crippen LogP contribution in [0.15, 0.2) is 48.5 Å². The standard InChI is InChI=1S/C23H27F2N3O2/c1-27(2)12-11-20(15-7-9-17(24)10-8-15)26-23(30)19-14-21(29)28(3)22(19)16-5-4-6-18(25)13-16/h4-10,13,19-20,22H,11-12,14H2,1-3H3,(H,26,30). The molecule has 1 aliphatic heterocycles. The molecule has 1 aliphatic rings. The molecule has 0 spiro atoms. The van der Waals surface area contributed by atoms with Crippen molar-refractivity contribution >= 4 is 11.8 Å². The molecule has 1 N–H and O–H groups in total. The van der Waals surface area contributed by atoms with Gasteiger partial charge in [-0.2, -0.15) is 0 Å². The van der Waals surface area contributed by atoms with Gasteiger partial charge < -0.3 is 15.1 Å². The highest BCUT2D eigenvalue weighted by Gasteiger charge is 2.43. The van der Waals surface area contributed by atoms with Gasteiger partial charge in [-0.3, -0.25) is 9.59 Å². The molecule has 0 bridgehead atoms. The minimum Gasteiger partial charge on any atom is -0.349 e. The van der Waals surface area contributed by atoms with E-state index in [1.807, 2.05) is 19.0 Å². The summed E-state index contributed by atoms with van der Waals surface area (Å²) in [6, 6.07) is 11.2. The van der Waals surface area contributed by atoms with Gasteiger partial charge in [0.25, 0.3) is 0 Å². The minimum absolute atomic E-state index is 0.0628. The van der Waals surface area contributed by atoms with Gasteiger partial charge in [0.05, 0.1) is 18.0 Å². The van der Waals surface area contributed by atoms with E-state index >= 15 is 0 Å². The van der Waals surface area contributed by atoms with Crippen molar-refractivity contribution in [1.82, 2.24) is 15.1 Å². The van der Waals surface area contributed by atoms with Gasteiger partial charge >= 0.3 is 0 Å². The van der Waals surface area contributed by atoms with Crippen molar-refractivity contribution in [2.75, 3.05) is 27.7 Å². The van der Waals surface area contributed by atoms with Crippen LogP contribution in [-0.4, -0.2) is 49.3 Å². The van der Waals surface area contributed by atoms with Gasteiger partial charge in [-0.15, -0.1) is 0 Å². The zero-order valence-electron chi connectivity index (χ0n) is 17.4. The van der Waals surface area contributed by atoms with E-state index in [1.165, 1.54) is 29.2 Å². The van der Waals surface area contributed by atoms with E-state index in [9.17, 15) is 18.4 Å². The number of nitrogens with zero attached hydrogens (tertiary/aromatic N) is 2. The van der Waals surface area contributed by atoms with Crippen LogP contribution in [0.3, 0.4) is 0 Å². The van der Waals surface area contributed by atoms with E-state index in [0.717, 1.165) is 12.1 Å². The second-order valence-electron chi connectivity index (χ2n) is 8.02. The summed E-state index contributed by atoms with van der Waals surface area (Å²) in [5.74, 6) is -1.81. The molecule has 160 valence electrons. The molecule has 2 amide bonds. The molecule has 3 unspecified atom stereocenters. The van der Waals surface area contributed by atoms with Crippen LogP contribution < -0.4 is 5.32 Å². The lowest BCUT2D eigenvalue weighted by molar-refractivity contribution is -0.128. The quantitative estimate of drug-likeness (QED) is 0.755. The molecule has 2 aromatic carbocycles. The molecule has 2 aromatic rings. The highest BCUT2D eigenvalue weighted by atomic mass is 19.1. The molecule has 0 saturated carbocycles. The van der Waals surface area contributed by atoms with Gasteiger partial charge in [0.1, 0.15) is 11.6 Å². The van der Waals surface area contributed by atoms with Crippen molar-refractivity contribution in [2.45, 2.75) is 24.9 Å². The van der Waals surface area contributed by atoms with Crippen LogP contribution >= 0.6 is 0 Å². The lowest BCUT2D eigenvalue weighted by Crippen LogP contribution is -2.37. The summed E-state index contributed by atoms with van der Waals surface area (Å²) in [5.41, 5.74) is 1.39. The van der Waals surface area contributed by atoms with Crippen LogP contribution in [0.25, 0.3) is 0 Å². The third-order valence-corrected chi connectivity index (χ3v) is 5.57. The van der Waals surface area contributed by atoms with Gasteiger partial charge in [0, 0.05) is 13.5 Å². The third-order valence-electron chi connectivity index (χ3n) is 5.57. The SMILES string of the molecule is CN(C)CCC(NC(=O)C1CC(=O)N(C)C1c1cccc(F)c1)c1ccc(F)cc1. The molecule has 0 aliphatic carbocycles. The fraction of sp³-hybridized carbons (Fsp3) is 0.391. The number of benzene rings is 2. The third kappa shape index (κ3) is 5.02. The summed E-state index contributed by atoms with van der Waals surface area (Å²) < 4.78 is 27.1. The van der Waals surface area contributed by atoms with Crippen molar-refractivity contribution in [2.24, 2.45) is 5.92 Å². The fourth-order valence-corrected chi connectivity index (χ4v) is 3.93. The topological polar surface area (TPSA) is 52.7 Å². The number of likely N-dealkylation sites (tertiary alicyclic amines) is 1. The van der Waals surface area contributed by atoms with Crippen molar-refractivity contribution in [1.29, 1.82) is 0 Å². The van der Waals surface area contributed by atoms with E-state index in [1.54, 1.807) is 31.3 Å². The summed E-state index contributed by atoms with van der Waals surface area (Å²) in [4.78, 5) is 29.1. The van der Waals surface area contributed by atoms with E-state index in [2.05, 4.69) is 5.32 Å². The summed E-state index contributed by atoms with van der Waals surface area (Å²) in [5, 5.41) is 3.04. The van der Waals surface area contributed by atoms with Crippen LogP contribution in [0.2, 0.25) is 0 Å². The summed E-state index contributed by atoms with van der Waals surface area (Å²) in [6.45, 7) is 0.721. The fourth-order valence-electron chi connectivity index (χ4n) is 3.93. The van der Waals surface area contributed by atoms with Gasteiger partial charge in [-0.05, 0) is 62.5 Å². The smallest absolute Gasteiger partial charge is 0.226 e. The average Bonchev–Trinajstić information content (AvgIpc) is 3.00. The van der Waals surface area contributed by atoms with Crippen molar-refractivity contribution in [3.8, 4) is 0 Å². The first-order valence-electron chi connectivity index (χ1n) is 9.98. The highest BCUT2D eigenvalue weighted by molar-refractivity contribution is 5.90. The first-order chi connectivity index (χ1) is 14.3. The first-order valence-corrected chi connectivity index (χ1v) is 9.98. The molecule has 1 heterocycles. The zero-order chi connectivity index (χ0) is 21.8. The van der Waals surface area contributed by atoms with Crippen LogP contribution in [0.1, 0.15) is 36.1 Å². The number of nitrogens with one attached hydrogen (secondary N) is 1. The van der Waals surface area contributed by atoms with E-state index in [0.29, 0.717) is 12.0 Å². The van der Waals surface area contributed by atoms with Gasteiger partial charge in [-0.1, -0.05) is 24.3 Å². The Hall–Kier alpha value is -2.80. The second kappa shape index (κ2) is 9.34. The van der Waals surface area contributed by atoms with Crippen molar-refractivity contribution < 1.29 is 18.4 Å². The Kier molecular flexibility index (Phi) is 6.82. The highest BCUT2D eigenvalue weighted by Crippen LogP contribution is 2.37. The zero-order valence-corrected chi connectivity index (χ0v) is 17.4. The van der Waals surface area contributed by atoms with Crippen molar-refractivity contribution in [3.63, 3.8) is 0 Å². The Balaban J connectivity index is 1.84. The summed E-state index contributed by atoms with van der Waals surface area (Å²) >= 11 is 0. The van der Waals surface area contributed by atoms with Crippen molar-refractivity contribution in [3.05, 3.63) is 71.3 Å². The van der Waals surface area contributed by atoms with Crippen LogP contribution in [0.5, 0.6) is 0 Å². The van der Waals surface area contributed by atoms with Crippen LogP contribution in [-0.2, 0) is 9.59 Å². The molecule has 30 heavy (non-hydrogen) atoms. The Labute approximate surface area is 175 Å². The summed E-state index contributed by atoms with van der Waals surface area (Å²) in [7, 11) is 5.51. The average molecular weight is 415 g/mol. The number of halogens is 2. The molecule has 0 radical (unpaired) electrons. The lowest BCUT2D eigenvalue weighted by Gasteiger charge is -2.27. The molecule has 0 aromatic heterocycles. The number of hydrogen-bond acceptors (Lipinski definition) is 3. The maximum absolute atomic E-state index is 13.8. The summed E-state index contributed by atoms with van der Waals surface area (Å²) in [6.07, 6.45) is 0.693. The van der Waals surface area contributed by atoms with Gasteiger partial charge in [0.2, 0.25) is 11.8 Å². The Morgan fingerprint density at radius 1 is 1.17 bits per heavy atom. The lowest BCUT2D eigenvalue weighted by atomic mass is 9.92. The predicted molar refractivity (Wildman–Crippen MR) is 110 cm³/mol. The number of carbonyl (C=O) groups is 2. The number of rotatable bonds is 7. The minimum atomic E-state index is -0.633. The molecule has 1 saturated heterocycles. The number of hydrogen-bond donors (Lipinski definition) is 1. The second-order valence-corrected chi connectivity index (χ2v) is 8.02. The molecule has 1 fully saturated rings. The van der Waals surface area contributed by atoms with Gasteiger partial charge in [0.15, 0.2) is 0 Å². The Morgan fingerprint density at radius 2 is 1.87 bits per heavy atom. The molecular formula is C23H27F2N3O2. The van der Waals surface area contributed by atoms with Crippen LogP contribution in [0, 0.1) is 17.6 Å². The van der Waals surface area contributed by atoms with E-state index in [4.69, 9.17) is 0 Å². The molecule has 5 nitrogen and oxygen atoms in total. The first kappa shape index (κ1) is 21.9. The monoisotopic (exact) mass is 415 g/mol.